The average molecular weight is 610 g/mol. The van der Waals surface area contributed by atoms with Gasteiger partial charge >= 0.3 is 5.97 Å². The van der Waals surface area contributed by atoms with E-state index in [4.69, 9.17) is 9.47 Å². The Morgan fingerprint density at radius 2 is 1.95 bits per heavy atom. The van der Waals surface area contributed by atoms with Crippen molar-refractivity contribution >= 4 is 23.7 Å². The van der Waals surface area contributed by atoms with Crippen LogP contribution in [0, 0.1) is 11.8 Å². The highest BCUT2D eigenvalue weighted by molar-refractivity contribution is 5.98. The lowest BCUT2D eigenvalue weighted by Gasteiger charge is -2.38. The van der Waals surface area contributed by atoms with Crippen molar-refractivity contribution in [3.63, 3.8) is 0 Å². The van der Waals surface area contributed by atoms with Crippen LogP contribution in [0.3, 0.4) is 0 Å². The van der Waals surface area contributed by atoms with Gasteiger partial charge in [-0.1, -0.05) is 55.8 Å². The standard InChI is InChI=1S/C34H47N3O7/c1-6-9-16-26(39)35-23(5)29(24-14-12-11-13-15-24)43-33(42)27-25-17-18-34(44-25)28(27)31(40)37(22(4)21-38)30(34)32(41)36(19-8-3)20-10-7-2/h6,8,11-15,22-23,25,27-30,38H,1,3,7,9-10,16-21H2,2,4-5H3,(H,35,39)/t22-,23-,25-,27+,28+,29-,30-,34+/m1/s1. The molecule has 3 heterocycles. The summed E-state index contributed by atoms with van der Waals surface area (Å²) in [7, 11) is 0. The van der Waals surface area contributed by atoms with Crippen molar-refractivity contribution in [3.05, 3.63) is 61.2 Å². The van der Waals surface area contributed by atoms with E-state index in [9.17, 15) is 24.3 Å². The summed E-state index contributed by atoms with van der Waals surface area (Å²) in [6.45, 7) is 13.5. The molecule has 44 heavy (non-hydrogen) atoms. The molecular weight excluding hydrogens is 562 g/mol. The van der Waals surface area contributed by atoms with Crippen LogP contribution >= 0.6 is 0 Å². The smallest absolute Gasteiger partial charge is 0.313 e. The number of nitrogens with zero attached hydrogens (tertiary/aromatic N) is 2. The van der Waals surface area contributed by atoms with Gasteiger partial charge in [0.1, 0.15) is 17.7 Å². The molecule has 8 atom stereocenters. The Labute approximate surface area is 260 Å². The molecule has 10 heteroatoms. The number of ether oxygens (including phenoxy) is 2. The lowest BCUT2D eigenvalue weighted by molar-refractivity contribution is -0.162. The molecule has 240 valence electrons. The van der Waals surface area contributed by atoms with E-state index in [0.717, 1.165) is 12.8 Å². The minimum Gasteiger partial charge on any atom is -0.455 e. The summed E-state index contributed by atoms with van der Waals surface area (Å²) in [4.78, 5) is 58.2. The van der Waals surface area contributed by atoms with E-state index in [1.807, 2.05) is 37.3 Å². The molecule has 0 aliphatic carbocycles. The van der Waals surface area contributed by atoms with Crippen LogP contribution in [0.5, 0.6) is 0 Å². The highest BCUT2D eigenvalue weighted by Gasteiger charge is 2.75. The van der Waals surface area contributed by atoms with Crippen LogP contribution in [0.15, 0.2) is 55.6 Å². The molecule has 1 spiro atoms. The van der Waals surface area contributed by atoms with Crippen LogP contribution in [-0.4, -0.2) is 88.1 Å². The molecule has 2 N–H and O–H groups in total. The summed E-state index contributed by atoms with van der Waals surface area (Å²) in [6.07, 6.45) is 5.32. The molecule has 0 radical (unpaired) electrons. The summed E-state index contributed by atoms with van der Waals surface area (Å²) in [5.41, 5.74) is -0.502. The van der Waals surface area contributed by atoms with E-state index < -0.39 is 53.7 Å². The Hall–Kier alpha value is -3.50. The fourth-order valence-electron chi connectivity index (χ4n) is 7.11. The number of hydrogen-bond donors (Lipinski definition) is 2. The normalized spacial score (nSPS) is 27.3. The largest absolute Gasteiger partial charge is 0.455 e. The number of nitrogens with one attached hydrogen (secondary N) is 1. The van der Waals surface area contributed by atoms with Crippen molar-refractivity contribution in [1.29, 1.82) is 0 Å². The number of rotatable bonds is 16. The third-order valence-corrected chi connectivity index (χ3v) is 9.22. The second-order valence-electron chi connectivity index (χ2n) is 12.2. The van der Waals surface area contributed by atoms with E-state index in [0.29, 0.717) is 37.9 Å². The number of likely N-dealkylation sites (tertiary alicyclic amines) is 1. The lowest BCUT2D eigenvalue weighted by atomic mass is 9.70. The number of hydrogen-bond acceptors (Lipinski definition) is 7. The van der Waals surface area contributed by atoms with Gasteiger partial charge in [0.15, 0.2) is 0 Å². The van der Waals surface area contributed by atoms with E-state index >= 15 is 0 Å². The summed E-state index contributed by atoms with van der Waals surface area (Å²) in [5.74, 6) is -3.30. The maximum atomic E-state index is 14.2. The Morgan fingerprint density at radius 3 is 2.59 bits per heavy atom. The Balaban J connectivity index is 1.65. The summed E-state index contributed by atoms with van der Waals surface area (Å²) >= 11 is 0. The van der Waals surface area contributed by atoms with Gasteiger partial charge in [-0.2, -0.15) is 0 Å². The summed E-state index contributed by atoms with van der Waals surface area (Å²) < 4.78 is 12.7. The van der Waals surface area contributed by atoms with Gasteiger partial charge in [-0.15, -0.1) is 13.2 Å². The number of aliphatic hydroxyl groups is 1. The SMILES string of the molecule is C=CCCC(=O)N[C@H](C)[C@@H](OC(=O)[C@@H]1[C@H]2C(=O)N([C@H](C)CO)[C@H](C(=O)N(CC=C)CCCC)[C@]23CC[C@H]1O3)c1ccccc1. The second-order valence-corrected chi connectivity index (χ2v) is 12.2. The first-order valence-corrected chi connectivity index (χ1v) is 15.8. The van der Waals surface area contributed by atoms with Gasteiger partial charge < -0.3 is 29.7 Å². The average Bonchev–Trinajstić information content (AvgIpc) is 3.67. The number of carbonyl (C=O) groups excluding carboxylic acids is 4. The van der Waals surface area contributed by atoms with E-state index in [-0.39, 0.29) is 30.7 Å². The van der Waals surface area contributed by atoms with Crippen LogP contribution in [0.1, 0.15) is 71.0 Å². The highest BCUT2D eigenvalue weighted by atomic mass is 16.6. The first-order chi connectivity index (χ1) is 21.1. The van der Waals surface area contributed by atoms with Crippen molar-refractivity contribution in [1.82, 2.24) is 15.1 Å². The first-order valence-electron chi connectivity index (χ1n) is 15.8. The summed E-state index contributed by atoms with van der Waals surface area (Å²) in [6, 6.07) is 6.97. The first kappa shape index (κ1) is 33.4. The predicted octanol–water partition coefficient (Wildman–Crippen LogP) is 3.31. The fourth-order valence-corrected chi connectivity index (χ4v) is 7.11. The Morgan fingerprint density at radius 1 is 1.23 bits per heavy atom. The van der Waals surface area contributed by atoms with Crippen molar-refractivity contribution in [2.24, 2.45) is 11.8 Å². The zero-order valence-corrected chi connectivity index (χ0v) is 26.2. The molecule has 4 rings (SSSR count). The highest BCUT2D eigenvalue weighted by Crippen LogP contribution is 2.59. The molecule has 3 aliphatic rings. The lowest BCUT2D eigenvalue weighted by Crippen LogP contribution is -2.58. The van der Waals surface area contributed by atoms with Crippen LogP contribution < -0.4 is 5.32 Å². The molecule has 3 saturated heterocycles. The topological polar surface area (TPSA) is 125 Å². The fraction of sp³-hybridized carbons (Fsp3) is 0.588. The number of fused-ring (bicyclic) bond motifs is 1. The minimum atomic E-state index is -1.20. The third kappa shape index (κ3) is 6.33. The van der Waals surface area contributed by atoms with Gasteiger partial charge in [0, 0.05) is 19.5 Å². The number of unbranched alkanes of at least 4 members (excludes halogenated alkanes) is 1. The minimum absolute atomic E-state index is 0.190. The van der Waals surface area contributed by atoms with Crippen LogP contribution in [0.25, 0.3) is 0 Å². The molecule has 0 unspecified atom stereocenters. The van der Waals surface area contributed by atoms with E-state index in [1.54, 1.807) is 30.9 Å². The number of benzene rings is 1. The van der Waals surface area contributed by atoms with Crippen molar-refractivity contribution in [2.45, 2.75) is 95.2 Å². The molecule has 3 fully saturated rings. The van der Waals surface area contributed by atoms with Crippen molar-refractivity contribution < 1.29 is 33.8 Å². The second kappa shape index (κ2) is 14.5. The zero-order valence-electron chi connectivity index (χ0n) is 26.2. The molecule has 1 aromatic carbocycles. The van der Waals surface area contributed by atoms with Crippen LogP contribution in [-0.2, 0) is 28.7 Å². The third-order valence-electron chi connectivity index (χ3n) is 9.22. The van der Waals surface area contributed by atoms with Gasteiger partial charge in [-0.25, -0.2) is 0 Å². The molecule has 0 saturated carbocycles. The molecule has 3 amide bonds. The van der Waals surface area contributed by atoms with Gasteiger partial charge in [-0.05, 0) is 45.1 Å². The van der Waals surface area contributed by atoms with E-state index in [2.05, 4.69) is 18.5 Å². The molecular formula is C34H47N3O7. The van der Waals surface area contributed by atoms with Crippen molar-refractivity contribution in [2.75, 3.05) is 19.7 Å². The number of allylic oxidation sites excluding steroid dienone is 1. The van der Waals surface area contributed by atoms with Crippen molar-refractivity contribution in [3.8, 4) is 0 Å². The number of esters is 1. The molecule has 3 aliphatic heterocycles. The number of aliphatic hydroxyl groups excluding tert-OH is 1. The Bertz CT molecular complexity index is 1220. The quantitative estimate of drug-likeness (QED) is 0.218. The van der Waals surface area contributed by atoms with Gasteiger partial charge in [0.25, 0.3) is 0 Å². The van der Waals surface area contributed by atoms with Gasteiger partial charge in [0.05, 0.1) is 36.6 Å². The molecule has 1 aromatic rings. The Kier molecular flexibility index (Phi) is 11.0. The van der Waals surface area contributed by atoms with Gasteiger partial charge in [-0.3, -0.25) is 19.2 Å². The molecule has 10 nitrogen and oxygen atoms in total. The number of amides is 3. The maximum absolute atomic E-state index is 14.2. The zero-order chi connectivity index (χ0) is 32.0. The van der Waals surface area contributed by atoms with Crippen LogP contribution in [0.2, 0.25) is 0 Å². The monoisotopic (exact) mass is 609 g/mol. The van der Waals surface area contributed by atoms with E-state index in [1.165, 1.54) is 4.90 Å². The number of carbonyl (C=O) groups is 4. The van der Waals surface area contributed by atoms with Gasteiger partial charge in [0.2, 0.25) is 17.7 Å². The molecule has 0 aromatic heterocycles. The van der Waals surface area contributed by atoms with Crippen LogP contribution in [0.4, 0.5) is 0 Å². The predicted molar refractivity (Wildman–Crippen MR) is 165 cm³/mol. The summed E-state index contributed by atoms with van der Waals surface area (Å²) in [5, 5.41) is 13.1. The molecule has 2 bridgehead atoms. The maximum Gasteiger partial charge on any atom is 0.313 e.